The minimum Gasteiger partial charge on any atom is -0.495 e. The second-order valence-electron chi connectivity index (χ2n) is 17.2. The number of hydrogen-bond donors (Lipinski definition) is 1. The predicted octanol–water partition coefficient (Wildman–Crippen LogP) is 12.1. The van der Waals surface area contributed by atoms with Crippen molar-refractivity contribution < 1.29 is 9.84 Å². The van der Waals surface area contributed by atoms with Gasteiger partial charge in [-0.05, 0) is 127 Å². The molecule has 0 fully saturated rings. The van der Waals surface area contributed by atoms with Gasteiger partial charge in [-0.3, -0.25) is 0 Å². The Morgan fingerprint density at radius 2 is 1.49 bits per heavy atom. The lowest BCUT2D eigenvalue weighted by atomic mass is 9.79. The molecule has 3 unspecified atom stereocenters. The maximum Gasteiger partial charge on any atom is 0.101 e. The monoisotopic (exact) mass is 661 g/mol. The number of aliphatic hydroxyl groups excluding tert-OH is 1. The third-order valence-corrected chi connectivity index (χ3v) is 10.7. The van der Waals surface area contributed by atoms with Crippen LogP contribution in [0.1, 0.15) is 139 Å². The molecular formula is C46H63NO2. The summed E-state index contributed by atoms with van der Waals surface area (Å²) in [6.45, 7) is 27.0. The fraction of sp³-hybridized carbons (Fsp3) is 0.522. The normalized spacial score (nSPS) is 18.1. The van der Waals surface area contributed by atoms with E-state index in [0.717, 1.165) is 25.0 Å². The summed E-state index contributed by atoms with van der Waals surface area (Å²) in [5, 5.41) is 10.8. The zero-order valence-corrected chi connectivity index (χ0v) is 32.8. The number of nitrogens with zero attached hydrogens (tertiary/aromatic N) is 1. The lowest BCUT2D eigenvalue weighted by Crippen LogP contribution is -2.28. The highest BCUT2D eigenvalue weighted by molar-refractivity contribution is 5.91. The SMILES string of the molecule is C/C(=C/c1c(C)cc(C)cc1C1C=C(CC(C)C)c2cc3c(cc2N1C)C(C)(C)c1cc(C)ccc1-3)OC(CC(C)C)CC(O)CC(C)C. The minimum absolute atomic E-state index is 0.0145. The zero-order chi connectivity index (χ0) is 35.9. The quantitative estimate of drug-likeness (QED) is 0.196. The number of aliphatic hydroxyl groups is 1. The van der Waals surface area contributed by atoms with Crippen LogP contribution in [-0.2, 0) is 10.2 Å². The highest BCUT2D eigenvalue weighted by atomic mass is 16.5. The van der Waals surface area contributed by atoms with Crippen molar-refractivity contribution >= 4 is 17.3 Å². The van der Waals surface area contributed by atoms with E-state index >= 15 is 0 Å². The van der Waals surface area contributed by atoms with Crippen LogP contribution in [0.4, 0.5) is 5.69 Å². The fourth-order valence-electron chi connectivity index (χ4n) is 8.51. The van der Waals surface area contributed by atoms with E-state index in [1.807, 2.05) is 0 Å². The molecule has 1 aliphatic carbocycles. The van der Waals surface area contributed by atoms with Crippen molar-refractivity contribution in [2.75, 3.05) is 11.9 Å². The van der Waals surface area contributed by atoms with E-state index < -0.39 is 0 Å². The molecule has 0 radical (unpaired) electrons. The Hall–Kier alpha value is -3.30. The van der Waals surface area contributed by atoms with Crippen molar-refractivity contribution in [3.05, 3.63) is 98.8 Å². The molecule has 3 nitrogen and oxygen atoms in total. The second-order valence-corrected chi connectivity index (χ2v) is 17.2. The molecule has 0 aromatic heterocycles. The summed E-state index contributed by atoms with van der Waals surface area (Å²) in [4.78, 5) is 2.51. The Labute approximate surface area is 298 Å². The molecular weight excluding hydrogens is 599 g/mol. The number of allylic oxidation sites excluding steroid dienone is 2. The maximum atomic E-state index is 10.8. The van der Waals surface area contributed by atoms with Gasteiger partial charge in [0.25, 0.3) is 0 Å². The van der Waals surface area contributed by atoms with Crippen LogP contribution in [0.15, 0.2) is 54.3 Å². The Balaban J connectivity index is 1.58. The molecule has 0 saturated carbocycles. The highest BCUT2D eigenvalue weighted by Gasteiger charge is 2.38. The molecule has 0 bridgehead atoms. The van der Waals surface area contributed by atoms with Gasteiger partial charge in [0.2, 0.25) is 0 Å². The Morgan fingerprint density at radius 3 is 2.14 bits per heavy atom. The molecule has 1 heterocycles. The topological polar surface area (TPSA) is 32.7 Å². The second kappa shape index (κ2) is 14.5. The van der Waals surface area contributed by atoms with Crippen LogP contribution in [0.25, 0.3) is 22.8 Å². The lowest BCUT2D eigenvalue weighted by molar-refractivity contribution is 0.0360. The molecule has 1 aliphatic heterocycles. The molecule has 1 N–H and O–H groups in total. The van der Waals surface area contributed by atoms with Crippen molar-refractivity contribution in [3.63, 3.8) is 0 Å². The van der Waals surface area contributed by atoms with E-state index in [0.29, 0.717) is 24.2 Å². The predicted molar refractivity (Wildman–Crippen MR) is 211 cm³/mol. The van der Waals surface area contributed by atoms with E-state index in [1.165, 1.54) is 66.9 Å². The summed E-state index contributed by atoms with van der Waals surface area (Å²) >= 11 is 0. The Morgan fingerprint density at radius 1 is 0.816 bits per heavy atom. The van der Waals surface area contributed by atoms with Gasteiger partial charge in [0.15, 0.2) is 0 Å². The van der Waals surface area contributed by atoms with Crippen molar-refractivity contribution in [1.82, 2.24) is 0 Å². The molecule has 3 atom stereocenters. The Kier molecular flexibility index (Phi) is 10.9. The number of aryl methyl sites for hydroxylation is 3. The molecule has 2 aliphatic rings. The Bertz CT molecular complexity index is 1740. The van der Waals surface area contributed by atoms with Crippen LogP contribution < -0.4 is 4.90 Å². The van der Waals surface area contributed by atoms with E-state index in [-0.39, 0.29) is 23.7 Å². The van der Waals surface area contributed by atoms with Gasteiger partial charge in [-0.15, -0.1) is 0 Å². The number of benzene rings is 3. The number of likely N-dealkylation sites (N-methyl/N-ethyl adjacent to an activating group) is 1. The van der Waals surface area contributed by atoms with Gasteiger partial charge in [0.05, 0.1) is 17.9 Å². The van der Waals surface area contributed by atoms with Crippen molar-refractivity contribution in [2.24, 2.45) is 17.8 Å². The number of hydrogen-bond acceptors (Lipinski definition) is 3. The first-order valence-corrected chi connectivity index (χ1v) is 18.8. The molecule has 0 amide bonds. The van der Waals surface area contributed by atoms with Gasteiger partial charge in [-0.2, -0.15) is 0 Å². The summed E-state index contributed by atoms with van der Waals surface area (Å²) in [5.74, 6) is 2.40. The summed E-state index contributed by atoms with van der Waals surface area (Å²) < 4.78 is 6.69. The first-order chi connectivity index (χ1) is 23.0. The largest absolute Gasteiger partial charge is 0.495 e. The van der Waals surface area contributed by atoms with Crippen LogP contribution in [0.5, 0.6) is 0 Å². The van der Waals surface area contributed by atoms with Gasteiger partial charge in [0, 0.05) is 30.1 Å². The molecule has 0 saturated heterocycles. The molecule has 49 heavy (non-hydrogen) atoms. The summed E-state index contributed by atoms with van der Waals surface area (Å²) in [6.07, 6.45) is 7.86. The van der Waals surface area contributed by atoms with Crippen molar-refractivity contribution in [2.45, 2.75) is 132 Å². The maximum absolute atomic E-state index is 10.8. The zero-order valence-electron chi connectivity index (χ0n) is 32.8. The molecule has 264 valence electrons. The molecule has 5 rings (SSSR count). The molecule has 0 spiro atoms. The van der Waals surface area contributed by atoms with Crippen LogP contribution in [0, 0.1) is 38.5 Å². The summed E-state index contributed by atoms with van der Waals surface area (Å²) in [5.41, 5.74) is 16.1. The standard InChI is InChI=1S/C46H63NO2/c1-27(2)16-34-23-44(47(13)45-26-43-40(25-39(34)45)37-15-14-30(7)21-42(37)46(43,11)12)41-20-31(8)19-32(9)38(41)22-33(10)49-36(18-29(5)6)24-35(48)17-28(3)4/h14-15,19-23,25-29,35-36,44,48H,16-18,24H2,1-13H3/b33-22-. The van der Waals surface area contributed by atoms with E-state index in [1.54, 1.807) is 0 Å². The average Bonchev–Trinajstić information content (AvgIpc) is 3.19. The van der Waals surface area contributed by atoms with Gasteiger partial charge in [-0.1, -0.05) is 103 Å². The smallest absolute Gasteiger partial charge is 0.101 e. The van der Waals surface area contributed by atoms with E-state index in [9.17, 15) is 5.11 Å². The third kappa shape index (κ3) is 7.88. The van der Waals surface area contributed by atoms with Crippen molar-refractivity contribution in [1.29, 1.82) is 0 Å². The number of rotatable bonds is 12. The molecule has 3 aromatic rings. The van der Waals surface area contributed by atoms with Gasteiger partial charge >= 0.3 is 0 Å². The third-order valence-electron chi connectivity index (χ3n) is 10.7. The van der Waals surface area contributed by atoms with Crippen molar-refractivity contribution in [3.8, 4) is 11.1 Å². The minimum atomic E-state index is -0.350. The first kappa shape index (κ1) is 37.0. The average molecular weight is 662 g/mol. The van der Waals surface area contributed by atoms with Gasteiger partial charge in [-0.25, -0.2) is 0 Å². The van der Waals surface area contributed by atoms with Crippen LogP contribution in [0.3, 0.4) is 0 Å². The number of ether oxygens (including phenoxy) is 1. The van der Waals surface area contributed by atoms with Gasteiger partial charge in [0.1, 0.15) is 6.10 Å². The summed E-state index contributed by atoms with van der Waals surface area (Å²) in [6, 6.07) is 16.8. The number of fused-ring (bicyclic) bond motifs is 4. The van der Waals surface area contributed by atoms with Crippen LogP contribution >= 0.6 is 0 Å². The highest BCUT2D eigenvalue weighted by Crippen LogP contribution is 2.53. The van der Waals surface area contributed by atoms with E-state index in [2.05, 4.69) is 150 Å². The van der Waals surface area contributed by atoms with Crippen LogP contribution in [0.2, 0.25) is 0 Å². The number of anilines is 1. The summed E-state index contributed by atoms with van der Waals surface area (Å²) in [7, 11) is 2.28. The van der Waals surface area contributed by atoms with E-state index in [4.69, 9.17) is 4.74 Å². The first-order valence-electron chi connectivity index (χ1n) is 18.8. The van der Waals surface area contributed by atoms with Crippen LogP contribution in [-0.4, -0.2) is 24.4 Å². The molecule has 3 heteroatoms. The fourth-order valence-corrected chi connectivity index (χ4v) is 8.51. The lowest BCUT2D eigenvalue weighted by Gasteiger charge is -2.38. The van der Waals surface area contributed by atoms with Gasteiger partial charge < -0.3 is 14.7 Å². The molecule has 3 aromatic carbocycles.